The Morgan fingerprint density at radius 2 is 1.94 bits per heavy atom. The Labute approximate surface area is 112 Å². The molecular weight excluding hydrogens is 317 g/mol. The average Bonchev–Trinajstić information content (AvgIpc) is 2.42. The molecule has 88 valence electrons. The van der Waals surface area contributed by atoms with Crippen LogP contribution in [-0.4, -0.2) is 28.6 Å². The lowest BCUT2D eigenvalue weighted by Gasteiger charge is -2.06. The van der Waals surface area contributed by atoms with Crippen LogP contribution < -0.4 is 33.4 Å². The summed E-state index contributed by atoms with van der Waals surface area (Å²) < 4.78 is 4.06. The highest BCUT2D eigenvalue weighted by molar-refractivity contribution is 5.71. The second-order valence-electron chi connectivity index (χ2n) is 4.01. The molecule has 5 nitrogen and oxygen atoms in total. The summed E-state index contributed by atoms with van der Waals surface area (Å²) in [6.07, 6.45) is 2.01. The molecule has 0 atom stereocenters. The zero-order chi connectivity index (χ0) is 11.2. The van der Waals surface area contributed by atoms with E-state index in [0.29, 0.717) is 0 Å². The van der Waals surface area contributed by atoms with Crippen molar-refractivity contribution in [3.63, 3.8) is 0 Å². The van der Waals surface area contributed by atoms with Gasteiger partial charge in [0.1, 0.15) is 0 Å². The van der Waals surface area contributed by atoms with Crippen molar-refractivity contribution >= 4 is 17.1 Å². The van der Waals surface area contributed by atoms with Crippen LogP contribution in [0, 0.1) is 6.92 Å². The monoisotopic (exact) mass is 333 g/mol. The van der Waals surface area contributed by atoms with Gasteiger partial charge in [0, 0.05) is 14.1 Å². The predicted octanol–water partition coefficient (Wildman–Crippen LogP) is -2.83. The third kappa shape index (κ3) is 1.98. The van der Waals surface area contributed by atoms with E-state index in [-0.39, 0.29) is 24.0 Å². The molecular formula is C10H16IN5. The standard InChI is InChI=1S/C10H16N5.HI/c1-7-8-9(15(5)6-14(8)4)12-10(11-7)13(2)3;/h6H,1-5H3;1H/q+1;/p-1. The highest BCUT2D eigenvalue weighted by Gasteiger charge is 2.18. The van der Waals surface area contributed by atoms with Crippen LogP contribution in [0.2, 0.25) is 0 Å². The minimum atomic E-state index is 0. The second kappa shape index (κ2) is 4.52. The first kappa shape index (κ1) is 13.1. The van der Waals surface area contributed by atoms with Crippen molar-refractivity contribution in [1.82, 2.24) is 14.5 Å². The molecule has 2 rings (SSSR count). The van der Waals surface area contributed by atoms with E-state index in [1.54, 1.807) is 0 Å². The fourth-order valence-electron chi connectivity index (χ4n) is 1.77. The Bertz CT molecular complexity index is 517. The highest BCUT2D eigenvalue weighted by atomic mass is 127. The number of hydrogen-bond donors (Lipinski definition) is 0. The summed E-state index contributed by atoms with van der Waals surface area (Å²) in [5.41, 5.74) is 3.06. The molecule has 0 aliphatic rings. The van der Waals surface area contributed by atoms with E-state index >= 15 is 0 Å². The maximum atomic E-state index is 4.51. The van der Waals surface area contributed by atoms with Crippen molar-refractivity contribution in [1.29, 1.82) is 0 Å². The van der Waals surface area contributed by atoms with Crippen LogP contribution in [0.5, 0.6) is 0 Å². The van der Waals surface area contributed by atoms with Crippen molar-refractivity contribution in [2.24, 2.45) is 14.1 Å². The number of imidazole rings is 1. The minimum Gasteiger partial charge on any atom is -1.00 e. The number of hydrogen-bond acceptors (Lipinski definition) is 3. The van der Waals surface area contributed by atoms with E-state index in [1.807, 2.05) is 55.5 Å². The van der Waals surface area contributed by atoms with E-state index < -0.39 is 0 Å². The van der Waals surface area contributed by atoms with Gasteiger partial charge in [0.05, 0.1) is 19.8 Å². The number of rotatable bonds is 1. The molecule has 0 radical (unpaired) electrons. The summed E-state index contributed by atoms with van der Waals surface area (Å²) in [5.74, 6) is 0.752. The van der Waals surface area contributed by atoms with Gasteiger partial charge >= 0.3 is 11.6 Å². The molecule has 0 fully saturated rings. The van der Waals surface area contributed by atoms with Crippen LogP contribution in [0.25, 0.3) is 11.2 Å². The van der Waals surface area contributed by atoms with Crippen LogP contribution in [-0.2, 0) is 14.1 Å². The topological polar surface area (TPSA) is 37.8 Å². The van der Waals surface area contributed by atoms with Crippen LogP contribution in [0.4, 0.5) is 5.95 Å². The number of nitrogens with zero attached hydrogens (tertiary/aromatic N) is 5. The van der Waals surface area contributed by atoms with Gasteiger partial charge in [-0.2, -0.15) is 4.98 Å². The molecule has 0 saturated heterocycles. The van der Waals surface area contributed by atoms with Crippen LogP contribution in [0.1, 0.15) is 5.69 Å². The molecule has 2 aromatic heterocycles. The van der Waals surface area contributed by atoms with E-state index in [1.165, 1.54) is 0 Å². The normalized spacial score (nSPS) is 10.3. The first-order valence-electron chi connectivity index (χ1n) is 4.87. The Morgan fingerprint density at radius 1 is 1.31 bits per heavy atom. The Morgan fingerprint density at radius 3 is 2.50 bits per heavy atom. The van der Waals surface area contributed by atoms with Gasteiger partial charge in [-0.15, -0.1) is 0 Å². The number of fused-ring (bicyclic) bond motifs is 1. The summed E-state index contributed by atoms with van der Waals surface area (Å²) in [6.45, 7) is 2.01. The maximum Gasteiger partial charge on any atom is 0.307 e. The molecule has 16 heavy (non-hydrogen) atoms. The summed E-state index contributed by atoms with van der Waals surface area (Å²) in [4.78, 5) is 10.9. The molecule has 0 unspecified atom stereocenters. The van der Waals surface area contributed by atoms with Crippen molar-refractivity contribution in [3.8, 4) is 0 Å². The SMILES string of the molecule is Cc1nc(N(C)C)nc2c1n(C)c[n+]2C.[I-]. The predicted molar refractivity (Wildman–Crippen MR) is 58.7 cm³/mol. The van der Waals surface area contributed by atoms with Crippen molar-refractivity contribution in [3.05, 3.63) is 12.0 Å². The van der Waals surface area contributed by atoms with Crippen molar-refractivity contribution in [2.45, 2.75) is 6.92 Å². The molecule has 0 aliphatic carbocycles. The van der Waals surface area contributed by atoms with Gasteiger partial charge in [0.25, 0.3) is 0 Å². The molecule has 6 heteroatoms. The summed E-state index contributed by atoms with van der Waals surface area (Å²) in [6, 6.07) is 0. The van der Waals surface area contributed by atoms with Gasteiger partial charge < -0.3 is 28.9 Å². The van der Waals surface area contributed by atoms with Gasteiger partial charge in [-0.05, 0) is 6.92 Å². The lowest BCUT2D eigenvalue weighted by atomic mass is 10.4. The van der Waals surface area contributed by atoms with E-state index in [4.69, 9.17) is 0 Å². The summed E-state index contributed by atoms with van der Waals surface area (Å²) in [5, 5.41) is 0. The van der Waals surface area contributed by atoms with Gasteiger partial charge in [-0.25, -0.2) is 4.57 Å². The van der Waals surface area contributed by atoms with Gasteiger partial charge in [0.2, 0.25) is 0 Å². The molecule has 0 amide bonds. The lowest BCUT2D eigenvalue weighted by Crippen LogP contribution is -3.00. The molecule has 0 aromatic carbocycles. The Balaban J connectivity index is 0.00000128. The zero-order valence-electron chi connectivity index (χ0n) is 10.2. The summed E-state index contributed by atoms with van der Waals surface area (Å²) >= 11 is 0. The highest BCUT2D eigenvalue weighted by Crippen LogP contribution is 2.14. The molecule has 2 aromatic rings. The first-order chi connectivity index (χ1) is 7.00. The quantitative estimate of drug-likeness (QED) is 0.417. The maximum absolute atomic E-state index is 4.51. The van der Waals surface area contributed by atoms with Gasteiger partial charge in [-0.1, -0.05) is 4.98 Å². The Kier molecular flexibility index (Phi) is 3.72. The number of aryl methyl sites for hydroxylation is 3. The Hall–Kier alpha value is -0.920. The lowest BCUT2D eigenvalue weighted by molar-refractivity contribution is -0.647. The van der Waals surface area contributed by atoms with Crippen LogP contribution in [0.3, 0.4) is 0 Å². The molecule has 0 bridgehead atoms. The van der Waals surface area contributed by atoms with Crippen molar-refractivity contribution < 1.29 is 28.5 Å². The van der Waals surface area contributed by atoms with Gasteiger partial charge in [-0.3, -0.25) is 4.57 Å². The van der Waals surface area contributed by atoms with Crippen LogP contribution in [0.15, 0.2) is 6.33 Å². The first-order valence-corrected chi connectivity index (χ1v) is 4.87. The molecule has 0 aliphatic heterocycles. The number of anilines is 1. The molecule has 2 heterocycles. The number of aromatic nitrogens is 4. The minimum absolute atomic E-state index is 0. The van der Waals surface area contributed by atoms with Crippen LogP contribution >= 0.6 is 0 Å². The van der Waals surface area contributed by atoms with E-state index in [9.17, 15) is 0 Å². The third-order valence-corrected chi connectivity index (χ3v) is 2.46. The summed E-state index contributed by atoms with van der Waals surface area (Å²) in [7, 11) is 7.90. The van der Waals surface area contributed by atoms with Gasteiger partial charge in [0.15, 0.2) is 11.8 Å². The van der Waals surface area contributed by atoms with E-state index in [2.05, 4.69) is 9.97 Å². The fourth-order valence-corrected chi connectivity index (χ4v) is 1.77. The van der Waals surface area contributed by atoms with E-state index in [0.717, 1.165) is 22.8 Å². The molecule has 0 saturated carbocycles. The largest absolute Gasteiger partial charge is 1.00 e. The molecule has 0 spiro atoms. The third-order valence-electron chi connectivity index (χ3n) is 2.46. The fraction of sp³-hybridized carbons (Fsp3) is 0.500. The molecule has 0 N–H and O–H groups in total. The second-order valence-corrected chi connectivity index (χ2v) is 4.01. The van der Waals surface area contributed by atoms with Crippen molar-refractivity contribution in [2.75, 3.05) is 19.0 Å². The number of halogens is 1. The average molecular weight is 333 g/mol. The zero-order valence-corrected chi connectivity index (χ0v) is 12.3. The smallest absolute Gasteiger partial charge is 0.307 e.